The Kier molecular flexibility index (Phi) is 7.80. The van der Waals surface area contributed by atoms with Crippen molar-refractivity contribution in [1.82, 2.24) is 5.32 Å². The van der Waals surface area contributed by atoms with E-state index in [0.717, 1.165) is 23.4 Å². The van der Waals surface area contributed by atoms with Crippen molar-refractivity contribution in [3.05, 3.63) is 34.3 Å². The van der Waals surface area contributed by atoms with Gasteiger partial charge in [-0.1, -0.05) is 51.7 Å². The molecule has 0 unspecified atom stereocenters. The number of amides is 1. The molecule has 1 rings (SSSR count). The van der Waals surface area contributed by atoms with Crippen LogP contribution in [0.4, 0.5) is 0 Å². The van der Waals surface area contributed by atoms with Gasteiger partial charge < -0.3 is 5.32 Å². The first-order valence-electron chi connectivity index (χ1n) is 7.14. The predicted molar refractivity (Wildman–Crippen MR) is 84.4 cm³/mol. The summed E-state index contributed by atoms with van der Waals surface area (Å²) in [5.74, 6) is 0.810. The number of benzene rings is 1. The van der Waals surface area contributed by atoms with Gasteiger partial charge >= 0.3 is 0 Å². The minimum atomic E-state index is 0.00894. The Hall–Kier alpha value is -0.830. The van der Waals surface area contributed by atoms with Crippen molar-refractivity contribution in [3.8, 4) is 0 Å². The van der Waals surface area contributed by atoms with Gasteiger partial charge in [0.15, 0.2) is 0 Å². The first kappa shape index (κ1) is 16.2. The summed E-state index contributed by atoms with van der Waals surface area (Å²) in [5.41, 5.74) is 0.710. The summed E-state index contributed by atoms with van der Waals surface area (Å²) in [6.45, 7) is 5.29. The molecule has 0 aliphatic heterocycles. The molecule has 0 fully saturated rings. The van der Waals surface area contributed by atoms with E-state index in [4.69, 9.17) is 0 Å². The molecule has 0 spiro atoms. The van der Waals surface area contributed by atoms with Gasteiger partial charge in [-0.3, -0.25) is 4.79 Å². The normalized spacial score (nSPS) is 10.7. The average molecular weight is 326 g/mol. The second-order valence-electron chi connectivity index (χ2n) is 5.33. The van der Waals surface area contributed by atoms with Crippen LogP contribution in [0.2, 0.25) is 0 Å². The zero-order valence-corrected chi connectivity index (χ0v) is 13.5. The van der Waals surface area contributed by atoms with Crippen LogP contribution >= 0.6 is 15.9 Å². The first-order chi connectivity index (χ1) is 9.11. The largest absolute Gasteiger partial charge is 0.352 e. The average Bonchev–Trinajstić information content (AvgIpc) is 2.37. The molecule has 1 aromatic rings. The molecule has 0 aliphatic carbocycles. The fourth-order valence-electron chi connectivity index (χ4n) is 1.97. The third-order valence-electron chi connectivity index (χ3n) is 3.11. The van der Waals surface area contributed by atoms with Crippen molar-refractivity contribution in [1.29, 1.82) is 0 Å². The van der Waals surface area contributed by atoms with E-state index in [1.165, 1.54) is 25.7 Å². The van der Waals surface area contributed by atoms with Crippen LogP contribution in [0.15, 0.2) is 28.7 Å². The molecule has 0 atom stereocenters. The van der Waals surface area contributed by atoms with Gasteiger partial charge in [0.25, 0.3) is 5.91 Å². The van der Waals surface area contributed by atoms with E-state index in [9.17, 15) is 4.79 Å². The minimum Gasteiger partial charge on any atom is -0.352 e. The quantitative estimate of drug-likeness (QED) is 0.684. The molecule has 0 saturated heterocycles. The summed E-state index contributed by atoms with van der Waals surface area (Å²) >= 11 is 3.39. The fourth-order valence-corrected chi connectivity index (χ4v) is 2.44. The standard InChI is InChI=1S/C16H24BrNO/c1-13(2)9-5-3-4-8-12-18-16(19)14-10-6-7-11-15(14)17/h6-7,10-11,13H,3-5,8-9,12H2,1-2H3,(H,18,19). The van der Waals surface area contributed by atoms with Crippen LogP contribution in [-0.4, -0.2) is 12.5 Å². The number of halogens is 1. The maximum atomic E-state index is 11.9. The molecular formula is C16H24BrNO. The zero-order chi connectivity index (χ0) is 14.1. The van der Waals surface area contributed by atoms with Crippen LogP contribution in [0.3, 0.4) is 0 Å². The summed E-state index contributed by atoms with van der Waals surface area (Å²) < 4.78 is 0.851. The third-order valence-corrected chi connectivity index (χ3v) is 3.80. The summed E-state index contributed by atoms with van der Waals surface area (Å²) in [4.78, 5) is 11.9. The molecule has 0 saturated carbocycles. The van der Waals surface area contributed by atoms with Crippen LogP contribution in [0.5, 0.6) is 0 Å². The van der Waals surface area contributed by atoms with Gasteiger partial charge in [0.05, 0.1) is 5.56 Å². The van der Waals surface area contributed by atoms with Gasteiger partial charge in [-0.05, 0) is 40.4 Å². The molecule has 1 N–H and O–H groups in total. The highest BCUT2D eigenvalue weighted by Gasteiger charge is 2.07. The summed E-state index contributed by atoms with van der Waals surface area (Å²) in [5, 5.41) is 2.97. The van der Waals surface area contributed by atoms with E-state index < -0.39 is 0 Å². The number of nitrogens with one attached hydrogen (secondary N) is 1. The van der Waals surface area contributed by atoms with Crippen LogP contribution in [0.25, 0.3) is 0 Å². The van der Waals surface area contributed by atoms with E-state index in [-0.39, 0.29) is 5.91 Å². The Morgan fingerprint density at radius 3 is 2.53 bits per heavy atom. The third kappa shape index (κ3) is 6.76. The Labute approximate surface area is 125 Å². The Balaban J connectivity index is 2.13. The molecule has 3 heteroatoms. The second kappa shape index (κ2) is 9.13. The molecule has 106 valence electrons. The van der Waals surface area contributed by atoms with Crippen LogP contribution < -0.4 is 5.32 Å². The molecule has 0 bridgehead atoms. The van der Waals surface area contributed by atoms with Crippen molar-refractivity contribution in [2.45, 2.75) is 46.0 Å². The fraction of sp³-hybridized carbons (Fsp3) is 0.562. The highest BCUT2D eigenvalue weighted by atomic mass is 79.9. The van der Waals surface area contributed by atoms with Crippen LogP contribution in [-0.2, 0) is 0 Å². The Morgan fingerprint density at radius 1 is 1.16 bits per heavy atom. The van der Waals surface area contributed by atoms with E-state index >= 15 is 0 Å². The van der Waals surface area contributed by atoms with Crippen LogP contribution in [0, 0.1) is 5.92 Å². The molecule has 19 heavy (non-hydrogen) atoms. The first-order valence-corrected chi connectivity index (χ1v) is 7.93. The number of hydrogen-bond donors (Lipinski definition) is 1. The highest BCUT2D eigenvalue weighted by molar-refractivity contribution is 9.10. The number of carbonyl (C=O) groups excluding carboxylic acids is 1. The summed E-state index contributed by atoms with van der Waals surface area (Å²) in [7, 11) is 0. The van der Waals surface area contributed by atoms with E-state index in [0.29, 0.717) is 5.56 Å². The lowest BCUT2D eigenvalue weighted by Crippen LogP contribution is -2.24. The topological polar surface area (TPSA) is 29.1 Å². The zero-order valence-electron chi connectivity index (χ0n) is 11.9. The molecule has 0 aromatic heterocycles. The molecule has 0 aliphatic rings. The summed E-state index contributed by atoms with van der Waals surface area (Å²) in [6.07, 6.45) is 6.14. The van der Waals surface area contributed by atoms with Gasteiger partial charge in [-0.2, -0.15) is 0 Å². The minimum absolute atomic E-state index is 0.00894. The highest BCUT2D eigenvalue weighted by Crippen LogP contribution is 2.15. The number of unbranched alkanes of at least 4 members (excludes halogenated alkanes) is 3. The smallest absolute Gasteiger partial charge is 0.252 e. The SMILES string of the molecule is CC(C)CCCCCCNC(=O)c1ccccc1Br. The van der Waals surface area contributed by atoms with Crippen molar-refractivity contribution >= 4 is 21.8 Å². The monoisotopic (exact) mass is 325 g/mol. The van der Waals surface area contributed by atoms with E-state index in [1.54, 1.807) is 0 Å². The van der Waals surface area contributed by atoms with Crippen molar-refractivity contribution < 1.29 is 4.79 Å². The molecule has 0 radical (unpaired) electrons. The molecule has 2 nitrogen and oxygen atoms in total. The van der Waals surface area contributed by atoms with E-state index in [1.807, 2.05) is 24.3 Å². The molecule has 1 amide bonds. The lowest BCUT2D eigenvalue weighted by atomic mass is 10.0. The van der Waals surface area contributed by atoms with E-state index in [2.05, 4.69) is 35.1 Å². The lowest BCUT2D eigenvalue weighted by molar-refractivity contribution is 0.0952. The van der Waals surface area contributed by atoms with Gasteiger partial charge in [0.2, 0.25) is 0 Å². The Morgan fingerprint density at radius 2 is 1.84 bits per heavy atom. The number of hydrogen-bond acceptors (Lipinski definition) is 1. The number of carbonyl (C=O) groups is 1. The van der Waals surface area contributed by atoms with Crippen molar-refractivity contribution in [2.75, 3.05) is 6.54 Å². The van der Waals surface area contributed by atoms with Gasteiger partial charge in [0.1, 0.15) is 0 Å². The van der Waals surface area contributed by atoms with Crippen LogP contribution in [0.1, 0.15) is 56.3 Å². The van der Waals surface area contributed by atoms with Crippen molar-refractivity contribution in [2.24, 2.45) is 5.92 Å². The van der Waals surface area contributed by atoms with Gasteiger partial charge in [-0.25, -0.2) is 0 Å². The summed E-state index contributed by atoms with van der Waals surface area (Å²) in [6, 6.07) is 7.52. The van der Waals surface area contributed by atoms with Gasteiger partial charge in [-0.15, -0.1) is 0 Å². The lowest BCUT2D eigenvalue weighted by Gasteiger charge is -2.07. The maximum Gasteiger partial charge on any atom is 0.252 e. The maximum absolute atomic E-state index is 11.9. The molecule has 0 heterocycles. The Bertz CT molecular complexity index is 390. The molecular weight excluding hydrogens is 302 g/mol. The van der Waals surface area contributed by atoms with Crippen molar-refractivity contribution in [3.63, 3.8) is 0 Å². The molecule has 1 aromatic carbocycles. The predicted octanol–water partition coefficient (Wildman–Crippen LogP) is 4.79. The number of rotatable bonds is 8. The van der Waals surface area contributed by atoms with Gasteiger partial charge in [0, 0.05) is 11.0 Å². The second-order valence-corrected chi connectivity index (χ2v) is 6.19.